The van der Waals surface area contributed by atoms with E-state index in [1.165, 1.54) is 0 Å². The fraction of sp³-hybridized carbons (Fsp3) is 0.353. The average molecular weight is 590 g/mol. The number of likely N-dealkylation sites (tertiary alicyclic amines) is 1. The molecule has 3 N–H and O–H groups in total. The summed E-state index contributed by atoms with van der Waals surface area (Å²) in [6.07, 6.45) is 3.77. The van der Waals surface area contributed by atoms with Gasteiger partial charge in [0.25, 0.3) is 0 Å². The Hall–Kier alpha value is -4.86. The van der Waals surface area contributed by atoms with Gasteiger partial charge in [0.1, 0.15) is 5.54 Å². The maximum absolute atomic E-state index is 14.5. The van der Waals surface area contributed by atoms with E-state index in [0.717, 1.165) is 38.8 Å². The lowest BCUT2D eigenvalue weighted by Gasteiger charge is -2.41. The van der Waals surface area contributed by atoms with Gasteiger partial charge in [-0.15, -0.1) is 0 Å². The summed E-state index contributed by atoms with van der Waals surface area (Å²) in [7, 11) is 0. The van der Waals surface area contributed by atoms with Gasteiger partial charge in [-0.2, -0.15) is 5.10 Å². The Kier molecular flexibility index (Phi) is 6.14. The minimum Gasteiger partial charge on any atom is -0.330 e. The monoisotopic (exact) mass is 589 g/mol. The number of hydrogen-bond donors (Lipinski definition) is 3. The molecule has 0 spiro atoms. The molecule has 224 valence electrons. The molecule has 3 aliphatic heterocycles. The lowest BCUT2D eigenvalue weighted by atomic mass is 9.98. The van der Waals surface area contributed by atoms with E-state index < -0.39 is 5.54 Å². The second kappa shape index (κ2) is 10.1. The van der Waals surface area contributed by atoms with Crippen molar-refractivity contribution in [3.05, 3.63) is 95.2 Å². The molecule has 8 rings (SSSR count). The number of H-pyrrole nitrogens is 1. The van der Waals surface area contributed by atoms with E-state index in [0.29, 0.717) is 45.4 Å². The van der Waals surface area contributed by atoms with Crippen molar-refractivity contribution >= 4 is 34.6 Å². The Morgan fingerprint density at radius 2 is 1.77 bits per heavy atom. The molecule has 1 saturated carbocycles. The molecule has 3 aromatic carbocycles. The number of carbonyl (C=O) groups excluding carboxylic acids is 3. The van der Waals surface area contributed by atoms with Crippen LogP contribution in [0.4, 0.5) is 15.3 Å². The van der Waals surface area contributed by atoms with Crippen LogP contribution in [0, 0.1) is 0 Å². The molecule has 0 bridgehead atoms. The number of piperidine rings is 1. The lowest BCUT2D eigenvalue weighted by Crippen LogP contribution is -2.57. The molecular formula is C34H35N7O3. The number of rotatable bonds is 4. The van der Waals surface area contributed by atoms with Crippen molar-refractivity contribution in [3.63, 3.8) is 0 Å². The number of amides is 5. The number of benzene rings is 3. The van der Waals surface area contributed by atoms with Gasteiger partial charge in [0.15, 0.2) is 0 Å². The highest BCUT2D eigenvalue weighted by molar-refractivity contribution is 5.98. The third-order valence-corrected chi connectivity index (χ3v) is 10.2. The van der Waals surface area contributed by atoms with E-state index in [9.17, 15) is 14.4 Å². The van der Waals surface area contributed by atoms with Gasteiger partial charge < -0.3 is 25.3 Å². The van der Waals surface area contributed by atoms with Crippen LogP contribution in [0.2, 0.25) is 0 Å². The van der Waals surface area contributed by atoms with Crippen LogP contribution in [0.5, 0.6) is 0 Å². The van der Waals surface area contributed by atoms with Gasteiger partial charge in [-0.25, -0.2) is 9.59 Å². The van der Waals surface area contributed by atoms with Crippen molar-refractivity contribution in [3.8, 4) is 0 Å². The first-order valence-electron chi connectivity index (χ1n) is 15.5. The number of anilines is 1. The van der Waals surface area contributed by atoms with Gasteiger partial charge in [-0.1, -0.05) is 54.6 Å². The largest absolute Gasteiger partial charge is 0.330 e. The first-order valence-corrected chi connectivity index (χ1v) is 15.5. The number of urea groups is 2. The van der Waals surface area contributed by atoms with E-state index in [1.807, 2.05) is 76.7 Å². The third kappa shape index (κ3) is 4.23. The molecular weight excluding hydrogens is 554 g/mol. The zero-order chi connectivity index (χ0) is 30.0. The van der Waals surface area contributed by atoms with Crippen molar-refractivity contribution in [1.82, 2.24) is 30.2 Å². The van der Waals surface area contributed by atoms with Crippen LogP contribution in [-0.2, 0) is 17.9 Å². The Morgan fingerprint density at radius 1 is 1.00 bits per heavy atom. The molecule has 1 saturated heterocycles. The molecule has 1 aromatic heterocycles. The van der Waals surface area contributed by atoms with Crippen molar-refractivity contribution in [1.29, 1.82) is 0 Å². The van der Waals surface area contributed by atoms with Gasteiger partial charge in [0, 0.05) is 49.2 Å². The second-order valence-electron chi connectivity index (χ2n) is 12.6. The summed E-state index contributed by atoms with van der Waals surface area (Å²) in [4.78, 5) is 46.8. The van der Waals surface area contributed by atoms with E-state index in [1.54, 1.807) is 4.90 Å². The maximum atomic E-state index is 14.5. The standard InChI is InChI=1S/C34H35N7O3/c1-21(22-7-3-2-4-8-22)40-20-27-25(11-12-30-26(27)18-35-38-30)28-17-34(28,31(40)42)37-33(44)39-15-13-24(14-16-39)41-19-23-9-5-6-10-29(23)36-32(41)43/h2-12,18,21,24,28H,13-17,19-20H2,1H3,(H,35,38)(H,36,43)(H,37,44)/t21-,28?,34?/m1/s1. The molecule has 0 radical (unpaired) electrons. The zero-order valence-electron chi connectivity index (χ0n) is 24.6. The Labute approximate surface area is 255 Å². The summed E-state index contributed by atoms with van der Waals surface area (Å²) < 4.78 is 0. The highest BCUT2D eigenvalue weighted by atomic mass is 16.2. The van der Waals surface area contributed by atoms with E-state index >= 15 is 0 Å². The Morgan fingerprint density at radius 3 is 2.59 bits per heavy atom. The first-order chi connectivity index (χ1) is 21.4. The SMILES string of the molecule is C[C@H](c1ccccc1)N1Cc2c(ccc3[nH]ncc23)C2CC2(NC(=O)N2CCC(N3Cc4ccccc4NC3=O)CC2)C1=O. The highest BCUT2D eigenvalue weighted by Gasteiger charge is 2.65. The summed E-state index contributed by atoms with van der Waals surface area (Å²) in [5.74, 6) is -0.144. The zero-order valence-corrected chi connectivity index (χ0v) is 24.6. The number of nitrogens with zero attached hydrogens (tertiary/aromatic N) is 4. The molecule has 10 heteroatoms. The third-order valence-electron chi connectivity index (χ3n) is 10.2. The normalized spacial score (nSPS) is 23.8. The quantitative estimate of drug-likeness (QED) is 0.307. The van der Waals surface area contributed by atoms with Crippen molar-refractivity contribution in [2.45, 2.75) is 62.8 Å². The number of aromatic amines is 1. The van der Waals surface area contributed by atoms with Crippen LogP contribution in [0.25, 0.3) is 10.9 Å². The molecule has 4 aromatic rings. The summed E-state index contributed by atoms with van der Waals surface area (Å²) >= 11 is 0. The Bertz CT molecular complexity index is 1780. The van der Waals surface area contributed by atoms with Gasteiger partial charge in [0.2, 0.25) is 5.91 Å². The number of nitrogens with one attached hydrogen (secondary N) is 3. The molecule has 44 heavy (non-hydrogen) atoms. The van der Waals surface area contributed by atoms with Crippen LogP contribution >= 0.6 is 0 Å². The van der Waals surface area contributed by atoms with E-state index in [-0.39, 0.29) is 36.0 Å². The van der Waals surface area contributed by atoms with Gasteiger partial charge in [0.05, 0.1) is 17.8 Å². The van der Waals surface area contributed by atoms with Crippen LogP contribution in [0.1, 0.15) is 60.4 Å². The van der Waals surface area contributed by atoms with Crippen molar-refractivity contribution < 1.29 is 14.4 Å². The number of hydrogen-bond acceptors (Lipinski definition) is 4. The first kappa shape index (κ1) is 26.7. The highest BCUT2D eigenvalue weighted by Crippen LogP contribution is 2.57. The predicted molar refractivity (Wildman–Crippen MR) is 166 cm³/mol. The fourth-order valence-corrected chi connectivity index (χ4v) is 7.55. The summed E-state index contributed by atoms with van der Waals surface area (Å²) in [5, 5.41) is 14.6. The second-order valence-corrected chi connectivity index (χ2v) is 12.6. The summed E-state index contributed by atoms with van der Waals surface area (Å²) in [6, 6.07) is 21.6. The molecule has 4 heterocycles. The fourth-order valence-electron chi connectivity index (χ4n) is 7.55. The molecule has 10 nitrogen and oxygen atoms in total. The number of carbonyl (C=O) groups is 3. The lowest BCUT2D eigenvalue weighted by molar-refractivity contribution is -0.137. The average Bonchev–Trinajstić information content (AvgIpc) is 3.59. The van der Waals surface area contributed by atoms with Crippen molar-refractivity contribution in [2.75, 3.05) is 18.4 Å². The van der Waals surface area contributed by atoms with Gasteiger partial charge in [-0.3, -0.25) is 9.89 Å². The van der Waals surface area contributed by atoms with E-state index in [2.05, 4.69) is 33.8 Å². The molecule has 4 aliphatic rings. The minimum atomic E-state index is -0.990. The van der Waals surface area contributed by atoms with Crippen LogP contribution in [0.15, 0.2) is 72.9 Å². The number of aromatic nitrogens is 2. The predicted octanol–water partition coefficient (Wildman–Crippen LogP) is 5.11. The van der Waals surface area contributed by atoms with Crippen molar-refractivity contribution in [2.24, 2.45) is 0 Å². The van der Waals surface area contributed by atoms with Gasteiger partial charge >= 0.3 is 12.1 Å². The van der Waals surface area contributed by atoms with Crippen LogP contribution < -0.4 is 10.6 Å². The smallest absolute Gasteiger partial charge is 0.322 e. The Balaban J connectivity index is 1.03. The topological polar surface area (TPSA) is 114 Å². The van der Waals surface area contributed by atoms with Gasteiger partial charge in [-0.05, 0) is 60.6 Å². The molecule has 3 atom stereocenters. The number of para-hydroxylation sites is 1. The molecule has 2 unspecified atom stereocenters. The van der Waals surface area contributed by atoms with E-state index in [4.69, 9.17) is 0 Å². The molecule has 5 amide bonds. The summed E-state index contributed by atoms with van der Waals surface area (Å²) in [6.45, 7) is 4.11. The van der Waals surface area contributed by atoms with Crippen LogP contribution in [-0.4, -0.2) is 67.5 Å². The summed E-state index contributed by atoms with van der Waals surface area (Å²) in [5.41, 5.74) is 5.15. The number of fused-ring (bicyclic) bond motifs is 6. The minimum absolute atomic E-state index is 0.0430. The maximum Gasteiger partial charge on any atom is 0.322 e. The van der Waals surface area contributed by atoms with Crippen LogP contribution in [0.3, 0.4) is 0 Å². The molecule has 2 fully saturated rings. The molecule has 1 aliphatic carbocycles.